The number of hydrogen-bond acceptors (Lipinski definition) is 3. The van der Waals surface area contributed by atoms with Crippen molar-refractivity contribution >= 4 is 15.9 Å². The van der Waals surface area contributed by atoms with Crippen LogP contribution in [-0.2, 0) is 5.33 Å². The molecule has 0 amide bonds. The van der Waals surface area contributed by atoms with E-state index in [1.54, 1.807) is 18.0 Å². The van der Waals surface area contributed by atoms with Crippen molar-refractivity contribution in [3.05, 3.63) is 36.2 Å². The summed E-state index contributed by atoms with van der Waals surface area (Å²) in [5.74, 6) is 0.809. The summed E-state index contributed by atoms with van der Waals surface area (Å²) >= 11 is 3.39. The predicted molar refractivity (Wildman–Crippen MR) is 60.5 cm³/mol. The molecular weight excluding hydrogens is 258 g/mol. The van der Waals surface area contributed by atoms with Gasteiger partial charge in [0.25, 0.3) is 0 Å². The second kappa shape index (κ2) is 4.44. The minimum absolute atomic E-state index is 0.719. The largest absolute Gasteiger partial charge is 0.497 e. The molecule has 2 aromatic rings. The van der Waals surface area contributed by atoms with E-state index in [0.717, 1.165) is 22.5 Å². The molecule has 1 aromatic carbocycles. The summed E-state index contributed by atoms with van der Waals surface area (Å²) in [5, 5.41) is 8.60. The van der Waals surface area contributed by atoms with Gasteiger partial charge in [-0.15, -0.1) is 5.10 Å². The van der Waals surface area contributed by atoms with Gasteiger partial charge in [0.05, 0.1) is 24.7 Å². The topological polar surface area (TPSA) is 39.9 Å². The Hall–Kier alpha value is -1.36. The minimum atomic E-state index is 0.719. The van der Waals surface area contributed by atoms with Gasteiger partial charge >= 0.3 is 0 Å². The Morgan fingerprint density at radius 3 is 3.07 bits per heavy atom. The Kier molecular flexibility index (Phi) is 3.01. The van der Waals surface area contributed by atoms with Crippen LogP contribution in [0.1, 0.15) is 5.69 Å². The standard InChI is InChI=1S/C10H10BrN3O/c1-15-10-4-2-3-8(5-10)14-9(6-11)7-12-13-14/h2-5,7H,6H2,1H3. The Morgan fingerprint density at radius 1 is 1.47 bits per heavy atom. The summed E-state index contributed by atoms with van der Waals surface area (Å²) in [6.45, 7) is 0. The van der Waals surface area contributed by atoms with Crippen LogP contribution in [0.25, 0.3) is 5.69 Å². The molecule has 0 spiro atoms. The van der Waals surface area contributed by atoms with Crippen LogP contribution < -0.4 is 4.74 Å². The van der Waals surface area contributed by atoms with Crippen molar-refractivity contribution in [3.63, 3.8) is 0 Å². The number of nitrogens with zero attached hydrogens (tertiary/aromatic N) is 3. The average molecular weight is 268 g/mol. The first-order chi connectivity index (χ1) is 7.35. The maximum absolute atomic E-state index is 5.15. The van der Waals surface area contributed by atoms with Gasteiger partial charge in [0.15, 0.2) is 0 Å². The average Bonchev–Trinajstić information content (AvgIpc) is 2.77. The summed E-state index contributed by atoms with van der Waals surface area (Å²) in [4.78, 5) is 0. The molecule has 0 aliphatic carbocycles. The molecule has 78 valence electrons. The molecular formula is C10H10BrN3O. The Balaban J connectivity index is 2.44. The summed E-state index contributed by atoms with van der Waals surface area (Å²) in [7, 11) is 1.64. The molecule has 2 rings (SSSR count). The first-order valence-electron chi connectivity index (χ1n) is 4.45. The maximum Gasteiger partial charge on any atom is 0.121 e. The second-order valence-electron chi connectivity index (χ2n) is 2.97. The number of halogens is 1. The van der Waals surface area contributed by atoms with Gasteiger partial charge in [0, 0.05) is 11.4 Å². The van der Waals surface area contributed by atoms with E-state index in [9.17, 15) is 0 Å². The van der Waals surface area contributed by atoms with Crippen molar-refractivity contribution in [2.75, 3.05) is 7.11 Å². The summed E-state index contributed by atoms with van der Waals surface area (Å²) < 4.78 is 6.93. The third-order valence-corrected chi connectivity index (χ3v) is 2.63. The van der Waals surface area contributed by atoms with Gasteiger partial charge < -0.3 is 4.74 Å². The molecule has 0 N–H and O–H groups in total. The van der Waals surface area contributed by atoms with Crippen LogP contribution in [0.15, 0.2) is 30.5 Å². The molecule has 0 radical (unpaired) electrons. The summed E-state index contributed by atoms with van der Waals surface area (Å²) in [5.41, 5.74) is 1.95. The lowest BCUT2D eigenvalue weighted by Crippen LogP contribution is -2.00. The van der Waals surface area contributed by atoms with E-state index < -0.39 is 0 Å². The molecule has 0 fully saturated rings. The van der Waals surface area contributed by atoms with Gasteiger partial charge in [-0.3, -0.25) is 0 Å². The van der Waals surface area contributed by atoms with Crippen molar-refractivity contribution in [1.82, 2.24) is 15.0 Å². The highest BCUT2D eigenvalue weighted by Gasteiger charge is 2.05. The van der Waals surface area contributed by atoms with Crippen LogP contribution in [0, 0.1) is 0 Å². The van der Waals surface area contributed by atoms with Gasteiger partial charge in [-0.2, -0.15) is 0 Å². The van der Waals surface area contributed by atoms with E-state index in [4.69, 9.17) is 4.74 Å². The monoisotopic (exact) mass is 267 g/mol. The SMILES string of the molecule is COc1cccc(-n2nncc2CBr)c1. The molecule has 0 saturated carbocycles. The molecule has 5 heteroatoms. The molecule has 0 saturated heterocycles. The number of benzene rings is 1. The van der Waals surface area contributed by atoms with Crippen LogP contribution in [0.2, 0.25) is 0 Å². The fraction of sp³-hybridized carbons (Fsp3) is 0.200. The highest BCUT2D eigenvalue weighted by molar-refractivity contribution is 9.08. The second-order valence-corrected chi connectivity index (χ2v) is 3.53. The molecule has 0 aliphatic rings. The highest BCUT2D eigenvalue weighted by Crippen LogP contribution is 2.17. The highest BCUT2D eigenvalue weighted by atomic mass is 79.9. The molecule has 4 nitrogen and oxygen atoms in total. The van der Waals surface area contributed by atoms with E-state index in [1.165, 1.54) is 0 Å². The smallest absolute Gasteiger partial charge is 0.121 e. The predicted octanol–water partition coefficient (Wildman–Crippen LogP) is 2.17. The number of aromatic nitrogens is 3. The minimum Gasteiger partial charge on any atom is -0.497 e. The van der Waals surface area contributed by atoms with E-state index in [2.05, 4.69) is 26.2 Å². The van der Waals surface area contributed by atoms with E-state index in [0.29, 0.717) is 0 Å². The van der Waals surface area contributed by atoms with Crippen LogP contribution in [0.3, 0.4) is 0 Å². The van der Waals surface area contributed by atoms with Crippen molar-refractivity contribution < 1.29 is 4.74 Å². The quantitative estimate of drug-likeness (QED) is 0.801. The third-order valence-electron chi connectivity index (χ3n) is 2.05. The summed E-state index contributed by atoms with van der Waals surface area (Å²) in [6.07, 6.45) is 1.73. The summed E-state index contributed by atoms with van der Waals surface area (Å²) in [6, 6.07) is 7.70. The van der Waals surface area contributed by atoms with Gasteiger partial charge in [-0.25, -0.2) is 4.68 Å². The number of rotatable bonds is 3. The van der Waals surface area contributed by atoms with E-state index >= 15 is 0 Å². The van der Waals surface area contributed by atoms with Crippen molar-refractivity contribution in [2.24, 2.45) is 0 Å². The third kappa shape index (κ3) is 2.02. The van der Waals surface area contributed by atoms with Crippen molar-refractivity contribution in [3.8, 4) is 11.4 Å². The maximum atomic E-state index is 5.15. The van der Waals surface area contributed by atoms with Gasteiger partial charge in [-0.05, 0) is 12.1 Å². The normalized spacial score (nSPS) is 10.3. The first-order valence-corrected chi connectivity index (χ1v) is 5.57. The molecule has 0 unspecified atom stereocenters. The molecule has 1 aromatic heterocycles. The first kappa shape index (κ1) is 10.2. The van der Waals surface area contributed by atoms with Gasteiger partial charge in [0.1, 0.15) is 5.75 Å². The van der Waals surface area contributed by atoms with E-state index in [-0.39, 0.29) is 0 Å². The lowest BCUT2D eigenvalue weighted by atomic mass is 10.3. The number of hydrogen-bond donors (Lipinski definition) is 0. The molecule has 15 heavy (non-hydrogen) atoms. The Labute approximate surface area is 96.0 Å². The fourth-order valence-corrected chi connectivity index (χ4v) is 1.69. The van der Waals surface area contributed by atoms with Crippen molar-refractivity contribution in [2.45, 2.75) is 5.33 Å². The number of alkyl halides is 1. The zero-order chi connectivity index (χ0) is 10.7. The lowest BCUT2D eigenvalue weighted by Gasteiger charge is -2.05. The van der Waals surface area contributed by atoms with Crippen LogP contribution in [-0.4, -0.2) is 22.1 Å². The van der Waals surface area contributed by atoms with Crippen LogP contribution in [0.5, 0.6) is 5.75 Å². The van der Waals surface area contributed by atoms with Crippen molar-refractivity contribution in [1.29, 1.82) is 0 Å². The molecule has 1 heterocycles. The lowest BCUT2D eigenvalue weighted by molar-refractivity contribution is 0.414. The van der Waals surface area contributed by atoms with E-state index in [1.807, 2.05) is 24.3 Å². The molecule has 0 atom stereocenters. The molecule has 0 bridgehead atoms. The van der Waals surface area contributed by atoms with Crippen LogP contribution >= 0.6 is 15.9 Å². The number of ether oxygens (including phenoxy) is 1. The zero-order valence-corrected chi connectivity index (χ0v) is 9.81. The van der Waals surface area contributed by atoms with Gasteiger partial charge in [0.2, 0.25) is 0 Å². The van der Waals surface area contributed by atoms with Crippen LogP contribution in [0.4, 0.5) is 0 Å². The Bertz CT molecular complexity index is 455. The Morgan fingerprint density at radius 2 is 2.33 bits per heavy atom. The molecule has 0 aliphatic heterocycles. The van der Waals surface area contributed by atoms with Gasteiger partial charge in [-0.1, -0.05) is 27.2 Å². The zero-order valence-electron chi connectivity index (χ0n) is 8.22. The number of methoxy groups -OCH3 is 1. The fourth-order valence-electron chi connectivity index (χ4n) is 1.31.